The van der Waals surface area contributed by atoms with Crippen LogP contribution in [0.1, 0.15) is 17.5 Å². The van der Waals surface area contributed by atoms with Crippen molar-refractivity contribution in [1.29, 1.82) is 0 Å². The molecule has 16 heavy (non-hydrogen) atoms. The first-order chi connectivity index (χ1) is 7.83. The van der Waals surface area contributed by atoms with Crippen LogP contribution >= 0.6 is 11.8 Å². The van der Waals surface area contributed by atoms with E-state index in [1.807, 2.05) is 0 Å². The average molecular weight is 238 g/mol. The maximum atomic E-state index is 5.17. The van der Waals surface area contributed by atoms with Gasteiger partial charge in [-0.15, -0.1) is 11.8 Å². The van der Waals surface area contributed by atoms with Crippen LogP contribution in [0.5, 0.6) is 0 Å². The number of hydrogen-bond acceptors (Lipinski definition) is 3. The molecule has 2 rings (SSSR count). The molecule has 0 N–H and O–H groups in total. The first-order valence-electron chi connectivity index (χ1n) is 5.63. The molecule has 88 valence electrons. The number of rotatable bonds is 5. The third kappa shape index (κ3) is 2.78. The van der Waals surface area contributed by atoms with E-state index in [-0.39, 0.29) is 6.29 Å². The minimum atomic E-state index is -0.113. The Bertz CT molecular complexity index is 348. The monoisotopic (exact) mass is 238 g/mol. The number of fused-ring (bicyclic) bond motifs is 1. The SMILES string of the molecule is COC(CSc1ccc2c(c1)CCC2)OC. The molecule has 0 aliphatic heterocycles. The van der Waals surface area contributed by atoms with Gasteiger partial charge < -0.3 is 9.47 Å². The lowest BCUT2D eigenvalue weighted by molar-refractivity contribution is -0.0842. The van der Waals surface area contributed by atoms with Crippen molar-refractivity contribution >= 4 is 11.8 Å². The molecule has 0 saturated heterocycles. The molecule has 0 amide bonds. The van der Waals surface area contributed by atoms with Crippen LogP contribution in [0.25, 0.3) is 0 Å². The van der Waals surface area contributed by atoms with Crippen LogP contribution in [-0.2, 0) is 22.3 Å². The number of hydrogen-bond donors (Lipinski definition) is 0. The average Bonchev–Trinajstić information content (AvgIpc) is 2.77. The molecular formula is C13H18O2S. The molecule has 1 aliphatic carbocycles. The molecular weight excluding hydrogens is 220 g/mol. The van der Waals surface area contributed by atoms with Gasteiger partial charge in [0.25, 0.3) is 0 Å². The number of thioether (sulfide) groups is 1. The van der Waals surface area contributed by atoms with Gasteiger partial charge >= 0.3 is 0 Å². The molecule has 0 unspecified atom stereocenters. The maximum absolute atomic E-state index is 5.17. The van der Waals surface area contributed by atoms with Gasteiger partial charge in [0.15, 0.2) is 6.29 Å². The van der Waals surface area contributed by atoms with E-state index < -0.39 is 0 Å². The summed E-state index contributed by atoms with van der Waals surface area (Å²) in [5.41, 5.74) is 3.05. The van der Waals surface area contributed by atoms with E-state index >= 15 is 0 Å². The molecule has 3 heteroatoms. The first-order valence-corrected chi connectivity index (χ1v) is 6.62. The molecule has 2 nitrogen and oxygen atoms in total. The summed E-state index contributed by atoms with van der Waals surface area (Å²) in [6, 6.07) is 6.78. The maximum Gasteiger partial charge on any atom is 0.166 e. The fraction of sp³-hybridized carbons (Fsp3) is 0.538. The highest BCUT2D eigenvalue weighted by Gasteiger charge is 2.12. The van der Waals surface area contributed by atoms with Crippen molar-refractivity contribution in [2.45, 2.75) is 30.4 Å². The van der Waals surface area contributed by atoms with E-state index in [0.29, 0.717) is 0 Å². The number of benzene rings is 1. The third-order valence-corrected chi connectivity index (χ3v) is 4.01. The highest BCUT2D eigenvalue weighted by Crippen LogP contribution is 2.28. The highest BCUT2D eigenvalue weighted by molar-refractivity contribution is 7.99. The summed E-state index contributed by atoms with van der Waals surface area (Å²) in [6.45, 7) is 0. The Hall–Kier alpha value is -0.510. The minimum absolute atomic E-state index is 0.113. The largest absolute Gasteiger partial charge is 0.355 e. The zero-order valence-corrected chi connectivity index (χ0v) is 10.7. The molecule has 0 atom stereocenters. The Morgan fingerprint density at radius 3 is 2.69 bits per heavy atom. The fourth-order valence-corrected chi connectivity index (χ4v) is 3.03. The van der Waals surface area contributed by atoms with E-state index in [1.54, 1.807) is 26.0 Å². The molecule has 0 saturated carbocycles. The van der Waals surface area contributed by atoms with Gasteiger partial charge in [0, 0.05) is 24.9 Å². The normalized spacial score (nSPS) is 14.4. The molecule has 0 radical (unpaired) electrons. The molecule has 1 aliphatic rings. The number of aryl methyl sites for hydroxylation is 2. The smallest absolute Gasteiger partial charge is 0.166 e. The number of ether oxygens (including phenoxy) is 2. The van der Waals surface area contributed by atoms with Crippen molar-refractivity contribution in [3.63, 3.8) is 0 Å². The summed E-state index contributed by atoms with van der Waals surface area (Å²) in [7, 11) is 3.36. The second kappa shape index (κ2) is 5.71. The van der Waals surface area contributed by atoms with E-state index in [4.69, 9.17) is 9.47 Å². The van der Waals surface area contributed by atoms with Crippen LogP contribution in [0.2, 0.25) is 0 Å². The van der Waals surface area contributed by atoms with Gasteiger partial charge in [0.2, 0.25) is 0 Å². The second-order valence-electron chi connectivity index (χ2n) is 4.00. The predicted octanol–water partition coefficient (Wildman–Crippen LogP) is 2.89. The van der Waals surface area contributed by atoms with Crippen LogP contribution in [0.3, 0.4) is 0 Å². The van der Waals surface area contributed by atoms with Gasteiger partial charge in [-0.2, -0.15) is 0 Å². The van der Waals surface area contributed by atoms with Crippen LogP contribution in [0.15, 0.2) is 23.1 Å². The van der Waals surface area contributed by atoms with E-state index in [9.17, 15) is 0 Å². The summed E-state index contributed by atoms with van der Waals surface area (Å²) in [6.07, 6.45) is 3.68. The summed E-state index contributed by atoms with van der Waals surface area (Å²) in [4.78, 5) is 1.32. The van der Waals surface area contributed by atoms with E-state index in [2.05, 4.69) is 18.2 Å². The lowest BCUT2D eigenvalue weighted by Crippen LogP contribution is -2.15. The molecule has 1 aromatic rings. The summed E-state index contributed by atoms with van der Waals surface area (Å²) in [5.74, 6) is 0.839. The first kappa shape index (κ1) is 12.0. The predicted molar refractivity (Wildman–Crippen MR) is 67.0 cm³/mol. The summed E-state index contributed by atoms with van der Waals surface area (Å²) in [5, 5.41) is 0. The van der Waals surface area contributed by atoms with Crippen molar-refractivity contribution in [1.82, 2.24) is 0 Å². The minimum Gasteiger partial charge on any atom is -0.355 e. The van der Waals surface area contributed by atoms with Crippen LogP contribution < -0.4 is 0 Å². The standard InChI is InChI=1S/C13H18O2S/c1-14-13(15-2)9-16-12-7-6-10-4-3-5-11(10)8-12/h6-8,13H,3-5,9H2,1-2H3. The van der Waals surface area contributed by atoms with Crippen LogP contribution in [0.4, 0.5) is 0 Å². The molecule has 0 heterocycles. The molecule has 0 fully saturated rings. The lowest BCUT2D eigenvalue weighted by Gasteiger charge is -2.12. The van der Waals surface area contributed by atoms with E-state index in [0.717, 1.165) is 5.75 Å². The van der Waals surface area contributed by atoms with Gasteiger partial charge in [0.05, 0.1) is 0 Å². The van der Waals surface area contributed by atoms with E-state index in [1.165, 1.54) is 35.3 Å². The second-order valence-corrected chi connectivity index (χ2v) is 5.09. The fourth-order valence-electron chi connectivity index (χ4n) is 2.03. The third-order valence-electron chi connectivity index (χ3n) is 2.98. The Morgan fingerprint density at radius 1 is 1.19 bits per heavy atom. The molecule has 1 aromatic carbocycles. The van der Waals surface area contributed by atoms with Crippen molar-refractivity contribution in [2.75, 3.05) is 20.0 Å². The zero-order chi connectivity index (χ0) is 11.4. The highest BCUT2D eigenvalue weighted by atomic mass is 32.2. The van der Waals surface area contributed by atoms with Gasteiger partial charge in [-0.25, -0.2) is 0 Å². The number of methoxy groups -OCH3 is 2. The molecule has 0 bridgehead atoms. The van der Waals surface area contributed by atoms with Gasteiger partial charge in [-0.05, 0) is 42.5 Å². The summed E-state index contributed by atoms with van der Waals surface area (Å²) >= 11 is 1.79. The van der Waals surface area contributed by atoms with Gasteiger partial charge in [0.1, 0.15) is 0 Å². The topological polar surface area (TPSA) is 18.5 Å². The molecule has 0 spiro atoms. The summed E-state index contributed by atoms with van der Waals surface area (Å²) < 4.78 is 10.3. The Labute approximate surface area is 101 Å². The Morgan fingerprint density at radius 2 is 1.94 bits per heavy atom. The van der Waals surface area contributed by atoms with Crippen molar-refractivity contribution in [3.8, 4) is 0 Å². The van der Waals surface area contributed by atoms with Gasteiger partial charge in [-0.1, -0.05) is 6.07 Å². The Kier molecular flexibility index (Phi) is 4.27. The van der Waals surface area contributed by atoms with Crippen molar-refractivity contribution in [3.05, 3.63) is 29.3 Å². The Balaban J connectivity index is 1.95. The van der Waals surface area contributed by atoms with Crippen LogP contribution in [0, 0.1) is 0 Å². The lowest BCUT2D eigenvalue weighted by atomic mass is 10.1. The van der Waals surface area contributed by atoms with Crippen molar-refractivity contribution < 1.29 is 9.47 Å². The van der Waals surface area contributed by atoms with Crippen molar-refractivity contribution in [2.24, 2.45) is 0 Å². The van der Waals surface area contributed by atoms with Crippen LogP contribution in [-0.4, -0.2) is 26.3 Å². The molecule has 0 aromatic heterocycles. The quantitative estimate of drug-likeness (QED) is 0.580. The van der Waals surface area contributed by atoms with Gasteiger partial charge in [-0.3, -0.25) is 0 Å². The zero-order valence-electron chi connectivity index (χ0n) is 9.86.